The number of aromatic nitrogens is 3. The van der Waals surface area contributed by atoms with Gasteiger partial charge < -0.3 is 5.11 Å². The van der Waals surface area contributed by atoms with Crippen LogP contribution in [0, 0.1) is 16.4 Å². The smallest absolute Gasteiger partial charge is 0.336 e. The number of carbonyl (C=O) groups is 1. The maximum Gasteiger partial charge on any atom is 0.336 e. The first-order valence-electron chi connectivity index (χ1n) is 4.36. The Bertz CT molecular complexity index is 650. The van der Waals surface area contributed by atoms with Crippen LogP contribution in [-0.4, -0.2) is 26.3 Å². The molecule has 0 radical (unpaired) electrons. The fraction of sp³-hybridized carbons (Fsp3) is 0. The summed E-state index contributed by atoms with van der Waals surface area (Å²) in [6.07, 6.45) is 0. The van der Waals surface area contributed by atoms with Gasteiger partial charge >= 0.3 is 5.97 Å². The van der Waals surface area contributed by atoms with Crippen LogP contribution in [-0.2, 0) is 0 Å². The van der Waals surface area contributed by atoms with E-state index in [4.69, 9.17) is 5.11 Å². The lowest BCUT2D eigenvalue weighted by atomic mass is 10.1. The van der Waals surface area contributed by atoms with Crippen molar-refractivity contribution >= 4 is 18.2 Å². The minimum Gasteiger partial charge on any atom is -0.478 e. The molecular formula is C9H5F2N3O2S. The quantitative estimate of drug-likeness (QED) is 0.720. The molecule has 1 aromatic heterocycles. The molecule has 2 aromatic rings. The third-order valence-electron chi connectivity index (χ3n) is 2.05. The second-order valence-corrected chi connectivity index (χ2v) is 3.52. The van der Waals surface area contributed by atoms with Crippen molar-refractivity contribution in [2.24, 2.45) is 0 Å². The second-order valence-electron chi connectivity index (χ2n) is 3.13. The molecule has 0 atom stereocenters. The van der Waals surface area contributed by atoms with E-state index in [0.717, 1.165) is 6.07 Å². The summed E-state index contributed by atoms with van der Waals surface area (Å²) in [7, 11) is 0. The lowest BCUT2D eigenvalue weighted by molar-refractivity contribution is 0.0697. The van der Waals surface area contributed by atoms with Crippen LogP contribution in [0.3, 0.4) is 0 Å². The number of rotatable bonds is 2. The van der Waals surface area contributed by atoms with E-state index in [9.17, 15) is 13.6 Å². The monoisotopic (exact) mass is 257 g/mol. The Kier molecular flexibility index (Phi) is 2.72. The molecule has 1 heterocycles. The third-order valence-corrected chi connectivity index (χ3v) is 2.24. The molecule has 0 aliphatic carbocycles. The number of aromatic amines is 2. The summed E-state index contributed by atoms with van der Waals surface area (Å²) >= 11 is 4.69. The zero-order valence-corrected chi connectivity index (χ0v) is 8.94. The second kappa shape index (κ2) is 4.06. The van der Waals surface area contributed by atoms with E-state index in [1.165, 1.54) is 0 Å². The van der Waals surface area contributed by atoms with Crippen LogP contribution in [0.1, 0.15) is 10.4 Å². The summed E-state index contributed by atoms with van der Waals surface area (Å²) in [6, 6.07) is 1.35. The Morgan fingerprint density at radius 3 is 2.47 bits per heavy atom. The molecule has 0 amide bonds. The Hall–Kier alpha value is -2.09. The Morgan fingerprint density at radius 2 is 1.94 bits per heavy atom. The highest BCUT2D eigenvalue weighted by Gasteiger charge is 2.18. The van der Waals surface area contributed by atoms with E-state index >= 15 is 0 Å². The summed E-state index contributed by atoms with van der Waals surface area (Å²) < 4.78 is 26.1. The van der Waals surface area contributed by atoms with E-state index in [0.29, 0.717) is 6.07 Å². The molecule has 0 aliphatic heterocycles. The predicted molar refractivity (Wildman–Crippen MR) is 56.1 cm³/mol. The minimum atomic E-state index is -1.39. The minimum absolute atomic E-state index is 0.0336. The molecule has 0 saturated heterocycles. The highest BCUT2D eigenvalue weighted by Crippen LogP contribution is 2.23. The average molecular weight is 257 g/mol. The molecule has 0 saturated carbocycles. The molecule has 0 unspecified atom stereocenters. The first-order chi connectivity index (χ1) is 7.99. The number of halogens is 2. The summed E-state index contributed by atoms with van der Waals surface area (Å²) in [6.45, 7) is 0. The lowest BCUT2D eigenvalue weighted by Gasteiger charge is -2.03. The SMILES string of the molecule is O=C(O)c1cc(F)c(F)cc1-c1nc(=S)[nH][nH]1. The van der Waals surface area contributed by atoms with Crippen LogP contribution in [0.4, 0.5) is 8.78 Å². The maximum absolute atomic E-state index is 13.1. The fourth-order valence-electron chi connectivity index (χ4n) is 1.32. The number of nitrogens with one attached hydrogen (secondary N) is 2. The highest BCUT2D eigenvalue weighted by molar-refractivity contribution is 7.71. The van der Waals surface area contributed by atoms with Gasteiger partial charge in [0.15, 0.2) is 17.5 Å². The molecule has 0 aliphatic rings. The van der Waals surface area contributed by atoms with Crippen molar-refractivity contribution in [3.63, 3.8) is 0 Å². The van der Waals surface area contributed by atoms with Gasteiger partial charge in [-0.15, -0.1) is 0 Å². The van der Waals surface area contributed by atoms with Crippen molar-refractivity contribution in [3.05, 3.63) is 34.1 Å². The van der Waals surface area contributed by atoms with Crippen LogP contribution < -0.4 is 0 Å². The van der Waals surface area contributed by atoms with Crippen LogP contribution in [0.25, 0.3) is 11.4 Å². The number of benzene rings is 1. The third kappa shape index (κ3) is 2.07. The van der Waals surface area contributed by atoms with Gasteiger partial charge in [-0.25, -0.2) is 13.6 Å². The first-order valence-corrected chi connectivity index (χ1v) is 4.77. The summed E-state index contributed by atoms with van der Waals surface area (Å²) in [5.41, 5.74) is -0.481. The van der Waals surface area contributed by atoms with Crippen molar-refractivity contribution in [3.8, 4) is 11.4 Å². The molecule has 3 N–H and O–H groups in total. The largest absolute Gasteiger partial charge is 0.478 e. The van der Waals surface area contributed by atoms with Gasteiger partial charge in [-0.1, -0.05) is 0 Å². The zero-order chi connectivity index (χ0) is 12.6. The van der Waals surface area contributed by atoms with E-state index in [1.54, 1.807) is 0 Å². The van der Waals surface area contributed by atoms with Crippen molar-refractivity contribution in [1.82, 2.24) is 15.2 Å². The normalized spacial score (nSPS) is 10.5. The summed E-state index contributed by atoms with van der Waals surface area (Å²) in [4.78, 5) is 14.6. The van der Waals surface area contributed by atoms with Crippen LogP contribution in [0.15, 0.2) is 12.1 Å². The molecule has 5 nitrogen and oxygen atoms in total. The van der Waals surface area contributed by atoms with Gasteiger partial charge in [0.2, 0.25) is 4.77 Å². The summed E-state index contributed by atoms with van der Waals surface area (Å²) in [5.74, 6) is -3.75. The van der Waals surface area contributed by atoms with Gasteiger partial charge in [-0.3, -0.25) is 10.2 Å². The number of nitrogens with zero attached hydrogens (tertiary/aromatic N) is 1. The number of hydrogen-bond acceptors (Lipinski definition) is 3. The van der Waals surface area contributed by atoms with Crippen molar-refractivity contribution in [2.45, 2.75) is 0 Å². The number of hydrogen-bond donors (Lipinski definition) is 3. The molecule has 88 valence electrons. The van der Waals surface area contributed by atoms with Gasteiger partial charge in [0.1, 0.15) is 0 Å². The lowest BCUT2D eigenvalue weighted by Crippen LogP contribution is -2.03. The van der Waals surface area contributed by atoms with Crippen molar-refractivity contribution in [2.75, 3.05) is 0 Å². The Balaban J connectivity index is 2.71. The molecule has 17 heavy (non-hydrogen) atoms. The van der Waals surface area contributed by atoms with Gasteiger partial charge in [-0.05, 0) is 24.4 Å². The van der Waals surface area contributed by atoms with E-state index < -0.39 is 23.2 Å². The predicted octanol–water partition coefficient (Wildman–Crippen LogP) is 2.11. The number of aromatic carboxylic acids is 1. The number of H-pyrrole nitrogens is 2. The van der Waals surface area contributed by atoms with E-state index in [-0.39, 0.29) is 16.2 Å². The van der Waals surface area contributed by atoms with Gasteiger partial charge in [-0.2, -0.15) is 4.98 Å². The average Bonchev–Trinajstić information content (AvgIpc) is 2.68. The van der Waals surface area contributed by atoms with E-state index in [2.05, 4.69) is 27.4 Å². The standard InChI is InChI=1S/C9H5F2N3O2S/c10-5-1-3(7-12-9(17)14-13-7)4(8(15)16)2-6(5)11/h1-2H,(H,15,16)(H2,12,13,14,17). The Labute approximate surface area is 98.1 Å². The zero-order valence-electron chi connectivity index (χ0n) is 8.12. The van der Waals surface area contributed by atoms with Crippen molar-refractivity contribution in [1.29, 1.82) is 0 Å². The van der Waals surface area contributed by atoms with Gasteiger partial charge in [0.25, 0.3) is 0 Å². The van der Waals surface area contributed by atoms with Crippen molar-refractivity contribution < 1.29 is 18.7 Å². The molecular weight excluding hydrogens is 252 g/mol. The molecule has 0 spiro atoms. The molecule has 0 bridgehead atoms. The molecule has 1 aromatic carbocycles. The van der Waals surface area contributed by atoms with Crippen LogP contribution in [0.5, 0.6) is 0 Å². The van der Waals surface area contributed by atoms with Crippen LogP contribution >= 0.6 is 12.2 Å². The van der Waals surface area contributed by atoms with E-state index in [1.807, 2.05) is 0 Å². The molecule has 0 fully saturated rings. The first kappa shape index (κ1) is 11.4. The topological polar surface area (TPSA) is 81.8 Å². The summed E-state index contributed by atoms with van der Waals surface area (Å²) in [5, 5.41) is 13.8. The molecule has 2 rings (SSSR count). The highest BCUT2D eigenvalue weighted by atomic mass is 32.1. The number of carboxylic acid groups (broad SMARTS) is 1. The van der Waals surface area contributed by atoms with Gasteiger partial charge in [0.05, 0.1) is 5.56 Å². The number of carboxylic acids is 1. The maximum atomic E-state index is 13.1. The van der Waals surface area contributed by atoms with Crippen LogP contribution in [0.2, 0.25) is 0 Å². The molecule has 8 heteroatoms. The Morgan fingerprint density at radius 1 is 1.29 bits per heavy atom. The fourth-order valence-corrected chi connectivity index (χ4v) is 1.46. The van der Waals surface area contributed by atoms with Gasteiger partial charge in [0, 0.05) is 5.56 Å².